The fourth-order valence-electron chi connectivity index (χ4n) is 1.64. The molecule has 1 aromatic carbocycles. The van der Waals surface area contributed by atoms with Crippen LogP contribution in [0, 0.1) is 5.82 Å². The number of carbonyl (C=O) groups excluding carboxylic acids is 1. The van der Waals surface area contributed by atoms with Crippen molar-refractivity contribution in [3.63, 3.8) is 0 Å². The van der Waals surface area contributed by atoms with Crippen molar-refractivity contribution in [1.29, 1.82) is 0 Å². The topological polar surface area (TPSA) is 17.1 Å². The van der Waals surface area contributed by atoms with Gasteiger partial charge in [-0.25, -0.2) is 4.39 Å². The van der Waals surface area contributed by atoms with E-state index >= 15 is 0 Å². The molecule has 0 fully saturated rings. The summed E-state index contributed by atoms with van der Waals surface area (Å²) in [5.41, 5.74) is 2.09. The molecule has 0 atom stereocenters. The first-order chi connectivity index (χ1) is 8.24. The van der Waals surface area contributed by atoms with Gasteiger partial charge in [-0.05, 0) is 46.5 Å². The first-order valence-corrected chi connectivity index (χ1v) is 6.45. The highest BCUT2D eigenvalue weighted by Crippen LogP contribution is 2.10. The van der Waals surface area contributed by atoms with Crippen LogP contribution in [-0.4, -0.2) is 5.78 Å². The summed E-state index contributed by atoms with van der Waals surface area (Å²) in [6, 6.07) is 8.15. The van der Waals surface area contributed by atoms with E-state index < -0.39 is 0 Å². The molecule has 88 valence electrons. The van der Waals surface area contributed by atoms with Crippen LogP contribution in [0.5, 0.6) is 0 Å². The standard InChI is InChI=1S/C14H13FOS/c15-13-4-1-11(2-5-13)9-14(16)6-3-12-7-8-17-10-12/h1-2,4-5,7-8,10H,3,6,9H2. The van der Waals surface area contributed by atoms with E-state index in [-0.39, 0.29) is 11.6 Å². The lowest BCUT2D eigenvalue weighted by Crippen LogP contribution is -2.04. The first kappa shape index (κ1) is 12.0. The largest absolute Gasteiger partial charge is 0.299 e. The normalized spacial score (nSPS) is 10.4. The molecule has 0 aliphatic rings. The van der Waals surface area contributed by atoms with Crippen molar-refractivity contribution in [3.8, 4) is 0 Å². The van der Waals surface area contributed by atoms with Gasteiger partial charge in [-0.3, -0.25) is 4.79 Å². The van der Waals surface area contributed by atoms with Gasteiger partial charge >= 0.3 is 0 Å². The van der Waals surface area contributed by atoms with Crippen molar-refractivity contribution in [1.82, 2.24) is 0 Å². The van der Waals surface area contributed by atoms with Crippen LogP contribution >= 0.6 is 11.3 Å². The molecule has 0 unspecified atom stereocenters. The molecule has 0 saturated heterocycles. The van der Waals surface area contributed by atoms with Gasteiger partial charge in [0.1, 0.15) is 11.6 Å². The van der Waals surface area contributed by atoms with E-state index in [0.29, 0.717) is 12.8 Å². The second kappa shape index (κ2) is 5.73. The number of benzene rings is 1. The highest BCUT2D eigenvalue weighted by molar-refractivity contribution is 7.07. The molecule has 2 rings (SSSR count). The highest BCUT2D eigenvalue weighted by Gasteiger charge is 2.04. The minimum absolute atomic E-state index is 0.197. The van der Waals surface area contributed by atoms with E-state index in [9.17, 15) is 9.18 Å². The fraction of sp³-hybridized carbons (Fsp3) is 0.214. The maximum absolute atomic E-state index is 12.7. The van der Waals surface area contributed by atoms with Gasteiger partial charge in [-0.2, -0.15) is 11.3 Å². The zero-order chi connectivity index (χ0) is 12.1. The average molecular weight is 248 g/mol. The third kappa shape index (κ3) is 3.79. The number of aryl methyl sites for hydroxylation is 1. The monoisotopic (exact) mass is 248 g/mol. The lowest BCUT2D eigenvalue weighted by Gasteiger charge is -2.00. The summed E-state index contributed by atoms with van der Waals surface area (Å²) in [4.78, 5) is 11.7. The maximum Gasteiger partial charge on any atom is 0.137 e. The third-order valence-electron chi connectivity index (χ3n) is 2.59. The summed E-state index contributed by atoms with van der Waals surface area (Å²) >= 11 is 1.64. The summed E-state index contributed by atoms with van der Waals surface area (Å²) < 4.78 is 12.7. The second-order valence-electron chi connectivity index (χ2n) is 3.97. The Bertz CT molecular complexity index is 473. The molecular formula is C14H13FOS. The van der Waals surface area contributed by atoms with E-state index in [1.807, 2.05) is 11.4 Å². The average Bonchev–Trinajstić information content (AvgIpc) is 2.83. The SMILES string of the molecule is O=C(CCc1ccsc1)Cc1ccc(F)cc1. The van der Waals surface area contributed by atoms with Crippen LogP contribution in [0.25, 0.3) is 0 Å². The molecule has 0 saturated carbocycles. The molecule has 2 aromatic rings. The Morgan fingerprint density at radius 1 is 1.12 bits per heavy atom. The predicted molar refractivity (Wildman–Crippen MR) is 67.8 cm³/mol. The second-order valence-corrected chi connectivity index (χ2v) is 4.75. The lowest BCUT2D eigenvalue weighted by atomic mass is 10.0. The number of ketones is 1. The Kier molecular flexibility index (Phi) is 4.04. The smallest absolute Gasteiger partial charge is 0.137 e. The number of rotatable bonds is 5. The highest BCUT2D eigenvalue weighted by atomic mass is 32.1. The number of thiophene rings is 1. The Morgan fingerprint density at radius 3 is 2.53 bits per heavy atom. The van der Waals surface area contributed by atoms with Crippen LogP contribution in [0.3, 0.4) is 0 Å². The zero-order valence-corrected chi connectivity index (χ0v) is 10.2. The van der Waals surface area contributed by atoms with Gasteiger partial charge in [-0.1, -0.05) is 12.1 Å². The van der Waals surface area contributed by atoms with E-state index in [1.54, 1.807) is 23.5 Å². The maximum atomic E-state index is 12.7. The van der Waals surface area contributed by atoms with Crippen LogP contribution in [0.15, 0.2) is 41.1 Å². The van der Waals surface area contributed by atoms with Gasteiger partial charge in [0, 0.05) is 12.8 Å². The first-order valence-electron chi connectivity index (χ1n) is 5.51. The molecule has 0 bridgehead atoms. The quantitative estimate of drug-likeness (QED) is 0.789. The summed E-state index contributed by atoms with van der Waals surface area (Å²) in [5.74, 6) is -0.0673. The molecule has 1 heterocycles. The lowest BCUT2D eigenvalue weighted by molar-refractivity contribution is -0.118. The van der Waals surface area contributed by atoms with Crippen molar-refractivity contribution in [2.75, 3.05) is 0 Å². The van der Waals surface area contributed by atoms with Crippen LogP contribution in [0.1, 0.15) is 17.5 Å². The van der Waals surface area contributed by atoms with Gasteiger partial charge in [0.05, 0.1) is 0 Å². The predicted octanol–water partition coefficient (Wildman–Crippen LogP) is 3.63. The summed E-state index contributed by atoms with van der Waals surface area (Å²) in [6.45, 7) is 0. The van der Waals surface area contributed by atoms with Crippen molar-refractivity contribution in [3.05, 3.63) is 58.0 Å². The molecule has 17 heavy (non-hydrogen) atoms. The fourth-order valence-corrected chi connectivity index (χ4v) is 2.34. The van der Waals surface area contributed by atoms with E-state index in [1.165, 1.54) is 17.7 Å². The molecule has 0 aliphatic carbocycles. The summed E-state index contributed by atoms with van der Waals surface area (Å²) in [7, 11) is 0. The number of hydrogen-bond donors (Lipinski definition) is 0. The molecular weight excluding hydrogens is 235 g/mol. The number of hydrogen-bond acceptors (Lipinski definition) is 2. The molecule has 0 amide bonds. The Morgan fingerprint density at radius 2 is 1.88 bits per heavy atom. The third-order valence-corrected chi connectivity index (χ3v) is 3.32. The van der Waals surface area contributed by atoms with Crippen LogP contribution in [0.2, 0.25) is 0 Å². The van der Waals surface area contributed by atoms with Crippen LogP contribution in [0.4, 0.5) is 4.39 Å². The molecule has 0 spiro atoms. The number of Topliss-reactive ketones (excluding diaryl/α,β-unsaturated/α-hetero) is 1. The van der Waals surface area contributed by atoms with Gasteiger partial charge in [-0.15, -0.1) is 0 Å². The van der Waals surface area contributed by atoms with Crippen molar-refractivity contribution in [2.45, 2.75) is 19.3 Å². The Balaban J connectivity index is 1.83. The molecule has 0 N–H and O–H groups in total. The van der Waals surface area contributed by atoms with E-state index in [4.69, 9.17) is 0 Å². The van der Waals surface area contributed by atoms with Gasteiger partial charge in [0.2, 0.25) is 0 Å². The molecule has 0 aliphatic heterocycles. The van der Waals surface area contributed by atoms with Crippen molar-refractivity contribution in [2.24, 2.45) is 0 Å². The molecule has 3 heteroatoms. The van der Waals surface area contributed by atoms with E-state index in [0.717, 1.165) is 12.0 Å². The van der Waals surface area contributed by atoms with Gasteiger partial charge in [0.15, 0.2) is 0 Å². The van der Waals surface area contributed by atoms with Crippen LogP contribution < -0.4 is 0 Å². The minimum Gasteiger partial charge on any atom is -0.299 e. The summed E-state index contributed by atoms with van der Waals surface area (Å²) in [6.07, 6.45) is 1.74. The van der Waals surface area contributed by atoms with Crippen molar-refractivity contribution >= 4 is 17.1 Å². The van der Waals surface area contributed by atoms with Crippen LogP contribution in [-0.2, 0) is 17.6 Å². The number of halogens is 1. The number of carbonyl (C=O) groups is 1. The molecule has 0 radical (unpaired) electrons. The summed E-state index contributed by atoms with van der Waals surface area (Å²) in [5, 5.41) is 4.07. The van der Waals surface area contributed by atoms with Gasteiger partial charge in [0.25, 0.3) is 0 Å². The Labute approximate surface area is 104 Å². The minimum atomic E-state index is -0.264. The Hall–Kier alpha value is -1.48. The van der Waals surface area contributed by atoms with Gasteiger partial charge < -0.3 is 0 Å². The van der Waals surface area contributed by atoms with Crippen molar-refractivity contribution < 1.29 is 9.18 Å². The molecule has 1 nitrogen and oxygen atoms in total. The zero-order valence-electron chi connectivity index (χ0n) is 9.36. The van der Waals surface area contributed by atoms with E-state index in [2.05, 4.69) is 5.38 Å². The molecule has 1 aromatic heterocycles.